The topological polar surface area (TPSA) is 81.4 Å². The summed E-state index contributed by atoms with van der Waals surface area (Å²) < 4.78 is 19.8. The minimum Gasteiger partial charge on any atom is -0.484 e. The third-order valence-electron chi connectivity index (χ3n) is 3.63. The second kappa shape index (κ2) is 9.91. The van der Waals surface area contributed by atoms with Crippen LogP contribution in [-0.2, 0) is 22.4 Å². The maximum Gasteiger partial charge on any atom is 0.257 e. The van der Waals surface area contributed by atoms with Gasteiger partial charge in [0.2, 0.25) is 5.91 Å². The predicted molar refractivity (Wildman–Crippen MR) is 100 cm³/mol. The van der Waals surface area contributed by atoms with Crippen molar-refractivity contribution in [1.29, 1.82) is 0 Å². The van der Waals surface area contributed by atoms with Crippen LogP contribution in [-0.4, -0.2) is 25.0 Å². The number of rotatable bonds is 9. The molecule has 0 heterocycles. The Morgan fingerprint density at radius 2 is 1.88 bits per heavy atom. The molecule has 7 heteroatoms. The maximum atomic E-state index is 13.7. The van der Waals surface area contributed by atoms with Gasteiger partial charge < -0.3 is 15.8 Å². The first-order valence-corrected chi connectivity index (χ1v) is 8.94. The summed E-state index contributed by atoms with van der Waals surface area (Å²) in [5.41, 5.74) is 6.53. The molecule has 0 aromatic heterocycles. The molecule has 0 bridgehead atoms. The van der Waals surface area contributed by atoms with Gasteiger partial charge in [0.15, 0.2) is 6.61 Å². The van der Waals surface area contributed by atoms with Crippen LogP contribution in [0.25, 0.3) is 0 Å². The van der Waals surface area contributed by atoms with Crippen LogP contribution >= 0.6 is 15.9 Å². The number of amides is 2. The summed E-state index contributed by atoms with van der Waals surface area (Å²) in [6, 6.07) is 11.8. The van der Waals surface area contributed by atoms with E-state index in [0.29, 0.717) is 35.2 Å². The van der Waals surface area contributed by atoms with Crippen molar-refractivity contribution in [2.45, 2.75) is 19.3 Å². The fourth-order valence-electron chi connectivity index (χ4n) is 2.34. The van der Waals surface area contributed by atoms with Crippen LogP contribution in [0.15, 0.2) is 46.9 Å². The second-order valence-corrected chi connectivity index (χ2v) is 6.68. The minimum absolute atomic E-state index is 0.109. The molecule has 0 fully saturated rings. The molecular weight excluding hydrogens is 403 g/mol. The largest absolute Gasteiger partial charge is 0.484 e. The lowest BCUT2D eigenvalue weighted by Gasteiger charge is -2.08. The molecule has 2 amide bonds. The van der Waals surface area contributed by atoms with E-state index < -0.39 is 5.91 Å². The summed E-state index contributed by atoms with van der Waals surface area (Å²) in [6.45, 7) is 0.330. The van der Waals surface area contributed by atoms with Crippen LogP contribution in [0.4, 0.5) is 4.39 Å². The van der Waals surface area contributed by atoms with Gasteiger partial charge in [-0.3, -0.25) is 9.59 Å². The number of aryl methyl sites for hydroxylation is 1. The van der Waals surface area contributed by atoms with Crippen LogP contribution in [0, 0.1) is 5.82 Å². The average molecular weight is 423 g/mol. The van der Waals surface area contributed by atoms with Gasteiger partial charge in [-0.2, -0.15) is 0 Å². The Labute approximate surface area is 159 Å². The van der Waals surface area contributed by atoms with Gasteiger partial charge in [0.05, 0.1) is 6.42 Å². The molecule has 0 saturated carbocycles. The Balaban J connectivity index is 1.66. The third-order valence-corrected chi connectivity index (χ3v) is 4.13. The summed E-state index contributed by atoms with van der Waals surface area (Å²) in [5, 5.41) is 2.73. The van der Waals surface area contributed by atoms with Gasteiger partial charge in [0.1, 0.15) is 11.6 Å². The van der Waals surface area contributed by atoms with Crippen LogP contribution in [0.2, 0.25) is 0 Å². The average Bonchev–Trinajstić information content (AvgIpc) is 2.59. The number of ether oxygens (including phenoxy) is 1. The number of primary amides is 1. The Hall–Kier alpha value is -2.41. The van der Waals surface area contributed by atoms with Gasteiger partial charge in [-0.25, -0.2) is 4.39 Å². The van der Waals surface area contributed by atoms with Crippen molar-refractivity contribution in [2.24, 2.45) is 5.73 Å². The number of nitrogens with two attached hydrogens (primary N) is 1. The highest BCUT2D eigenvalue weighted by molar-refractivity contribution is 9.10. The highest BCUT2D eigenvalue weighted by atomic mass is 79.9. The molecule has 0 spiro atoms. The van der Waals surface area contributed by atoms with E-state index in [1.54, 1.807) is 36.4 Å². The van der Waals surface area contributed by atoms with E-state index in [0.717, 1.165) is 5.56 Å². The van der Waals surface area contributed by atoms with Crippen molar-refractivity contribution >= 4 is 27.7 Å². The number of halogens is 2. The number of hydrogen-bond acceptors (Lipinski definition) is 3. The molecule has 2 aromatic rings. The number of nitrogens with one attached hydrogen (secondary N) is 1. The molecule has 0 aliphatic rings. The van der Waals surface area contributed by atoms with Crippen molar-refractivity contribution in [3.05, 3.63) is 63.9 Å². The smallest absolute Gasteiger partial charge is 0.257 e. The lowest BCUT2D eigenvalue weighted by Crippen LogP contribution is -2.29. The van der Waals surface area contributed by atoms with E-state index in [4.69, 9.17) is 10.5 Å². The summed E-state index contributed by atoms with van der Waals surface area (Å²) in [4.78, 5) is 22.6. The Bertz CT molecular complexity index is 766. The normalized spacial score (nSPS) is 10.4. The monoisotopic (exact) mass is 422 g/mol. The fraction of sp³-hybridized carbons (Fsp3) is 0.263. The zero-order valence-electron chi connectivity index (χ0n) is 14.1. The number of carbonyl (C=O) groups excluding carboxylic acids is 2. The van der Waals surface area contributed by atoms with E-state index in [1.807, 2.05) is 0 Å². The van der Waals surface area contributed by atoms with Crippen molar-refractivity contribution < 1.29 is 18.7 Å². The second-order valence-electron chi connectivity index (χ2n) is 5.76. The molecule has 2 aromatic carbocycles. The molecule has 138 valence electrons. The zero-order chi connectivity index (χ0) is 18.9. The van der Waals surface area contributed by atoms with Crippen molar-refractivity contribution in [2.75, 3.05) is 13.2 Å². The first kappa shape index (κ1) is 19.9. The molecule has 0 aliphatic carbocycles. The lowest BCUT2D eigenvalue weighted by atomic mass is 10.1. The maximum absolute atomic E-state index is 13.7. The lowest BCUT2D eigenvalue weighted by molar-refractivity contribution is -0.123. The SMILES string of the molecule is NC(=O)Cc1ccc(OCC(=O)NCCCc2ccc(Br)cc2F)cc1. The first-order chi connectivity index (χ1) is 12.4. The fourth-order valence-corrected chi connectivity index (χ4v) is 2.67. The summed E-state index contributed by atoms with van der Waals surface area (Å²) in [7, 11) is 0. The highest BCUT2D eigenvalue weighted by Crippen LogP contribution is 2.16. The van der Waals surface area contributed by atoms with Crippen LogP contribution in [0.3, 0.4) is 0 Å². The molecule has 26 heavy (non-hydrogen) atoms. The van der Waals surface area contributed by atoms with Crippen LogP contribution in [0.1, 0.15) is 17.5 Å². The van der Waals surface area contributed by atoms with Gasteiger partial charge in [0.25, 0.3) is 5.91 Å². The summed E-state index contributed by atoms with van der Waals surface area (Å²) in [6.07, 6.45) is 1.34. The molecule has 3 N–H and O–H groups in total. The zero-order valence-corrected chi connectivity index (χ0v) is 15.7. The first-order valence-electron chi connectivity index (χ1n) is 8.14. The van der Waals surface area contributed by atoms with Gasteiger partial charge in [-0.15, -0.1) is 0 Å². The van der Waals surface area contributed by atoms with Gasteiger partial charge in [-0.05, 0) is 48.2 Å². The molecule has 0 atom stereocenters. The predicted octanol–water partition coefficient (Wildman–Crippen LogP) is 2.74. The van der Waals surface area contributed by atoms with E-state index in [-0.39, 0.29) is 24.8 Å². The van der Waals surface area contributed by atoms with Crippen molar-refractivity contribution in [1.82, 2.24) is 5.32 Å². The standard InChI is InChI=1S/C19H20BrFN2O3/c20-15-6-5-14(17(21)11-15)2-1-9-23-19(25)12-26-16-7-3-13(4-8-16)10-18(22)24/h3-8,11H,1-2,9-10,12H2,(H2,22,24)(H,23,25). The van der Waals surface area contributed by atoms with Crippen molar-refractivity contribution in [3.63, 3.8) is 0 Å². The third kappa shape index (κ3) is 6.84. The van der Waals surface area contributed by atoms with Gasteiger partial charge in [-0.1, -0.05) is 34.1 Å². The Kier molecular flexibility index (Phi) is 7.59. The number of carbonyl (C=O) groups is 2. The molecule has 0 unspecified atom stereocenters. The Morgan fingerprint density at radius 1 is 1.15 bits per heavy atom. The van der Waals surface area contributed by atoms with Crippen LogP contribution in [0.5, 0.6) is 5.75 Å². The van der Waals surface area contributed by atoms with E-state index >= 15 is 0 Å². The number of hydrogen-bond donors (Lipinski definition) is 2. The van der Waals surface area contributed by atoms with E-state index in [2.05, 4.69) is 21.2 Å². The van der Waals surface area contributed by atoms with Gasteiger partial charge >= 0.3 is 0 Å². The molecule has 0 radical (unpaired) electrons. The molecule has 2 rings (SSSR count). The summed E-state index contributed by atoms with van der Waals surface area (Å²) >= 11 is 3.22. The molecule has 0 saturated heterocycles. The van der Waals surface area contributed by atoms with E-state index in [1.165, 1.54) is 6.07 Å². The Morgan fingerprint density at radius 3 is 2.54 bits per heavy atom. The van der Waals surface area contributed by atoms with E-state index in [9.17, 15) is 14.0 Å². The molecule has 5 nitrogen and oxygen atoms in total. The van der Waals surface area contributed by atoms with Gasteiger partial charge in [0, 0.05) is 11.0 Å². The minimum atomic E-state index is -0.402. The quantitative estimate of drug-likeness (QED) is 0.609. The highest BCUT2D eigenvalue weighted by Gasteiger charge is 2.05. The number of benzene rings is 2. The molecular formula is C19H20BrFN2O3. The van der Waals surface area contributed by atoms with Crippen molar-refractivity contribution in [3.8, 4) is 5.75 Å². The van der Waals surface area contributed by atoms with Crippen LogP contribution < -0.4 is 15.8 Å². The molecule has 0 aliphatic heterocycles. The summed E-state index contributed by atoms with van der Waals surface area (Å²) in [5.74, 6) is -0.373.